The van der Waals surface area contributed by atoms with Crippen LogP contribution in [-0.2, 0) is 4.74 Å². The normalized spacial score (nSPS) is 21.8. The van der Waals surface area contributed by atoms with Crippen molar-refractivity contribution in [1.82, 2.24) is 9.69 Å². The van der Waals surface area contributed by atoms with Crippen LogP contribution in [0.25, 0.3) is 0 Å². The van der Waals surface area contributed by atoms with Gasteiger partial charge in [0.05, 0.1) is 17.4 Å². The summed E-state index contributed by atoms with van der Waals surface area (Å²) in [5.41, 5.74) is 2.42. The molecule has 0 aromatic carbocycles. The largest absolute Gasteiger partial charge is 0.378 e. The van der Waals surface area contributed by atoms with E-state index in [9.17, 15) is 4.79 Å². The first-order valence-electron chi connectivity index (χ1n) is 6.73. The molecule has 1 fully saturated rings. The van der Waals surface area contributed by atoms with Crippen LogP contribution in [0.5, 0.6) is 0 Å². The van der Waals surface area contributed by atoms with Gasteiger partial charge in [0.1, 0.15) is 5.00 Å². The van der Waals surface area contributed by atoms with Gasteiger partial charge in [-0.05, 0) is 31.8 Å². The Morgan fingerprint density at radius 2 is 2.35 bits per heavy atom. The predicted octanol–water partition coefficient (Wildman–Crippen LogP) is 2.20. The molecule has 6 heteroatoms. The highest BCUT2D eigenvalue weighted by atomic mass is 32.1. The van der Waals surface area contributed by atoms with Gasteiger partial charge in [0.15, 0.2) is 0 Å². The number of hydrogen-bond acceptors (Lipinski definition) is 5. The van der Waals surface area contributed by atoms with Crippen LogP contribution >= 0.6 is 11.5 Å². The van der Waals surface area contributed by atoms with Crippen molar-refractivity contribution in [3.8, 4) is 0 Å². The SMILES string of the molecule is C=C(C)C1OCCC1CNC(=O)c1c(C)nsc1NC. The lowest BCUT2D eigenvalue weighted by Crippen LogP contribution is -2.33. The Morgan fingerprint density at radius 3 is 3.00 bits per heavy atom. The third-order valence-electron chi connectivity index (χ3n) is 3.54. The minimum absolute atomic E-state index is 0.0563. The number of carbonyl (C=O) groups is 1. The third-order valence-corrected chi connectivity index (χ3v) is 4.50. The van der Waals surface area contributed by atoms with Crippen LogP contribution in [-0.4, -0.2) is 36.6 Å². The summed E-state index contributed by atoms with van der Waals surface area (Å²) in [6, 6.07) is 0. The van der Waals surface area contributed by atoms with E-state index in [1.807, 2.05) is 13.8 Å². The van der Waals surface area contributed by atoms with Crippen LogP contribution in [0.2, 0.25) is 0 Å². The Hall–Kier alpha value is -1.40. The molecule has 110 valence electrons. The number of hydrogen-bond donors (Lipinski definition) is 2. The fourth-order valence-electron chi connectivity index (χ4n) is 2.51. The smallest absolute Gasteiger partial charge is 0.256 e. The molecule has 0 saturated carbocycles. The molecule has 1 aromatic heterocycles. The summed E-state index contributed by atoms with van der Waals surface area (Å²) >= 11 is 1.31. The molecule has 1 aliphatic heterocycles. The lowest BCUT2D eigenvalue weighted by atomic mass is 9.97. The Morgan fingerprint density at radius 1 is 1.60 bits per heavy atom. The predicted molar refractivity (Wildman–Crippen MR) is 81.4 cm³/mol. The van der Waals surface area contributed by atoms with Crippen molar-refractivity contribution in [2.24, 2.45) is 5.92 Å². The van der Waals surface area contributed by atoms with E-state index in [0.717, 1.165) is 29.3 Å². The van der Waals surface area contributed by atoms with E-state index in [-0.39, 0.29) is 12.0 Å². The van der Waals surface area contributed by atoms with Crippen molar-refractivity contribution in [2.75, 3.05) is 25.5 Å². The summed E-state index contributed by atoms with van der Waals surface area (Å²) in [7, 11) is 1.80. The zero-order valence-corrected chi connectivity index (χ0v) is 13.0. The van der Waals surface area contributed by atoms with Crippen LogP contribution in [0.1, 0.15) is 29.4 Å². The van der Waals surface area contributed by atoms with Gasteiger partial charge in [-0.15, -0.1) is 0 Å². The van der Waals surface area contributed by atoms with E-state index < -0.39 is 0 Å². The number of anilines is 1. The van der Waals surface area contributed by atoms with Gasteiger partial charge in [-0.1, -0.05) is 12.2 Å². The Bertz CT molecular complexity index is 513. The first-order chi connectivity index (χ1) is 9.54. The molecule has 2 N–H and O–H groups in total. The standard InChI is InChI=1S/C14H21N3O2S/c1-8(2)12-10(5-6-19-12)7-16-13(18)11-9(3)17-20-14(11)15-4/h10,12,15H,1,5-7H2,2-4H3,(H,16,18). The molecule has 20 heavy (non-hydrogen) atoms. The van der Waals surface area contributed by atoms with Gasteiger partial charge >= 0.3 is 0 Å². The van der Waals surface area contributed by atoms with E-state index in [1.165, 1.54) is 11.5 Å². The molecule has 0 bridgehead atoms. The molecule has 2 atom stereocenters. The number of amides is 1. The van der Waals surface area contributed by atoms with Crippen LogP contribution in [0.3, 0.4) is 0 Å². The van der Waals surface area contributed by atoms with Crippen molar-refractivity contribution in [3.05, 3.63) is 23.4 Å². The maximum atomic E-state index is 12.3. The number of aromatic nitrogens is 1. The van der Waals surface area contributed by atoms with Crippen LogP contribution in [0, 0.1) is 12.8 Å². The Labute approximate surface area is 123 Å². The zero-order chi connectivity index (χ0) is 14.7. The average molecular weight is 295 g/mol. The Balaban J connectivity index is 1.98. The Kier molecular flexibility index (Phi) is 4.77. The lowest BCUT2D eigenvalue weighted by Gasteiger charge is -2.19. The summed E-state index contributed by atoms with van der Waals surface area (Å²) in [6.07, 6.45) is 1.01. The maximum absolute atomic E-state index is 12.3. The molecule has 0 aliphatic carbocycles. The van der Waals surface area contributed by atoms with Gasteiger partial charge in [-0.2, -0.15) is 4.37 Å². The molecule has 0 spiro atoms. The van der Waals surface area contributed by atoms with E-state index in [2.05, 4.69) is 21.6 Å². The first kappa shape index (κ1) is 15.0. The summed E-state index contributed by atoms with van der Waals surface area (Å²) in [5.74, 6) is 0.231. The van der Waals surface area contributed by atoms with Gasteiger partial charge in [-0.25, -0.2) is 0 Å². The van der Waals surface area contributed by atoms with Crippen LogP contribution < -0.4 is 10.6 Å². The number of rotatable bonds is 5. The molecular weight excluding hydrogens is 274 g/mol. The summed E-state index contributed by atoms with van der Waals surface area (Å²) < 4.78 is 9.86. The minimum atomic E-state index is -0.0760. The quantitative estimate of drug-likeness (QED) is 0.818. The van der Waals surface area contributed by atoms with Crippen molar-refractivity contribution in [2.45, 2.75) is 26.4 Å². The van der Waals surface area contributed by atoms with Crippen molar-refractivity contribution >= 4 is 22.4 Å². The molecule has 5 nitrogen and oxygen atoms in total. The van der Waals surface area contributed by atoms with Crippen LogP contribution in [0.15, 0.2) is 12.2 Å². The maximum Gasteiger partial charge on any atom is 0.256 e. The first-order valence-corrected chi connectivity index (χ1v) is 7.51. The zero-order valence-electron chi connectivity index (χ0n) is 12.2. The van der Waals surface area contributed by atoms with Gasteiger partial charge < -0.3 is 15.4 Å². The van der Waals surface area contributed by atoms with Crippen LogP contribution in [0.4, 0.5) is 5.00 Å². The molecule has 1 amide bonds. The molecule has 1 aliphatic rings. The molecule has 2 rings (SSSR count). The fraction of sp³-hybridized carbons (Fsp3) is 0.571. The number of ether oxygens (including phenoxy) is 1. The number of nitrogens with one attached hydrogen (secondary N) is 2. The summed E-state index contributed by atoms with van der Waals surface area (Å²) in [6.45, 7) is 9.11. The second-order valence-corrected chi connectivity index (χ2v) is 5.89. The molecule has 1 saturated heterocycles. The van der Waals surface area contributed by atoms with E-state index in [0.29, 0.717) is 18.0 Å². The third kappa shape index (κ3) is 3.02. The highest BCUT2D eigenvalue weighted by molar-refractivity contribution is 7.10. The second kappa shape index (κ2) is 6.37. The van der Waals surface area contributed by atoms with E-state index >= 15 is 0 Å². The number of aryl methyl sites for hydroxylation is 1. The minimum Gasteiger partial charge on any atom is -0.378 e. The van der Waals surface area contributed by atoms with Crippen molar-refractivity contribution in [3.63, 3.8) is 0 Å². The lowest BCUT2D eigenvalue weighted by molar-refractivity contribution is 0.0926. The van der Waals surface area contributed by atoms with Gasteiger partial charge in [0, 0.05) is 26.1 Å². The molecular formula is C14H21N3O2S. The fourth-order valence-corrected chi connectivity index (χ4v) is 3.25. The van der Waals surface area contributed by atoms with E-state index in [4.69, 9.17) is 4.74 Å². The topological polar surface area (TPSA) is 63.2 Å². The highest BCUT2D eigenvalue weighted by Gasteiger charge is 2.29. The molecule has 1 aromatic rings. The van der Waals surface area contributed by atoms with Crippen molar-refractivity contribution < 1.29 is 9.53 Å². The van der Waals surface area contributed by atoms with E-state index in [1.54, 1.807) is 7.05 Å². The number of carbonyl (C=O) groups excluding carboxylic acids is 1. The van der Waals surface area contributed by atoms with Crippen molar-refractivity contribution in [1.29, 1.82) is 0 Å². The van der Waals surface area contributed by atoms with Gasteiger partial charge in [0.2, 0.25) is 0 Å². The monoisotopic (exact) mass is 295 g/mol. The molecule has 0 radical (unpaired) electrons. The van der Waals surface area contributed by atoms with Gasteiger partial charge in [-0.3, -0.25) is 4.79 Å². The summed E-state index contributed by atoms with van der Waals surface area (Å²) in [5, 5.41) is 6.81. The number of nitrogens with zero attached hydrogens (tertiary/aromatic N) is 1. The molecule has 2 heterocycles. The average Bonchev–Trinajstić information content (AvgIpc) is 3.02. The summed E-state index contributed by atoms with van der Waals surface area (Å²) in [4.78, 5) is 12.3. The molecule has 2 unspecified atom stereocenters. The highest BCUT2D eigenvalue weighted by Crippen LogP contribution is 2.26. The second-order valence-electron chi connectivity index (χ2n) is 5.12. The van der Waals surface area contributed by atoms with Gasteiger partial charge in [0.25, 0.3) is 5.91 Å².